The number of aliphatic hydroxyl groups is 1. The number of carbonyl (C=O) groups excluding carboxylic acids is 1. The molecule has 3 nitrogen and oxygen atoms in total. The molecule has 0 radical (unpaired) electrons. The summed E-state index contributed by atoms with van der Waals surface area (Å²) in [5.41, 5.74) is 1.03. The van der Waals surface area contributed by atoms with Crippen LogP contribution in [-0.4, -0.2) is 23.7 Å². The minimum absolute atomic E-state index is 0.0257. The Morgan fingerprint density at radius 3 is 2.86 bits per heavy atom. The summed E-state index contributed by atoms with van der Waals surface area (Å²) >= 11 is 1.58. The van der Waals surface area contributed by atoms with Crippen LogP contribution in [0.1, 0.15) is 25.3 Å². The minimum atomic E-state index is -0.177. The summed E-state index contributed by atoms with van der Waals surface area (Å²) in [6.07, 6.45) is 0. The summed E-state index contributed by atoms with van der Waals surface area (Å²) in [5.74, 6) is -0.180. The molecule has 1 aromatic rings. The third-order valence-electron chi connectivity index (χ3n) is 2.10. The van der Waals surface area contributed by atoms with E-state index < -0.39 is 0 Å². The zero-order chi connectivity index (χ0) is 10.6. The van der Waals surface area contributed by atoms with Gasteiger partial charge in [0.15, 0.2) is 0 Å². The highest BCUT2D eigenvalue weighted by molar-refractivity contribution is 7.08. The summed E-state index contributed by atoms with van der Waals surface area (Å²) in [6, 6.07) is 1.77. The van der Waals surface area contributed by atoms with Crippen molar-refractivity contribution in [3.05, 3.63) is 22.4 Å². The molecule has 0 aliphatic heterocycles. The Hall–Kier alpha value is -0.870. The normalized spacial score (nSPS) is 14.8. The van der Waals surface area contributed by atoms with Gasteiger partial charge in [0.05, 0.1) is 12.5 Å². The van der Waals surface area contributed by atoms with E-state index >= 15 is 0 Å². The number of carbonyl (C=O) groups is 1. The molecule has 1 heterocycles. The Morgan fingerprint density at radius 1 is 1.64 bits per heavy atom. The second-order valence-corrected chi connectivity index (χ2v) is 4.15. The number of amides is 1. The van der Waals surface area contributed by atoms with Crippen LogP contribution in [0.3, 0.4) is 0 Å². The molecule has 2 atom stereocenters. The topological polar surface area (TPSA) is 49.3 Å². The van der Waals surface area contributed by atoms with E-state index in [1.807, 2.05) is 23.8 Å². The van der Waals surface area contributed by atoms with Gasteiger partial charge in [-0.15, -0.1) is 0 Å². The van der Waals surface area contributed by atoms with Crippen LogP contribution in [0.4, 0.5) is 0 Å². The standard InChI is InChI=1S/C10H15NO2S/c1-7(5-12)11-10(13)8(2)9-3-4-14-6-9/h3-4,6-8,12H,5H2,1-2H3,(H,11,13)/t7-,8?/m0/s1. The zero-order valence-electron chi connectivity index (χ0n) is 8.36. The number of rotatable bonds is 4. The lowest BCUT2D eigenvalue weighted by Crippen LogP contribution is -2.37. The van der Waals surface area contributed by atoms with Gasteiger partial charge < -0.3 is 10.4 Å². The van der Waals surface area contributed by atoms with Gasteiger partial charge in [0.2, 0.25) is 5.91 Å². The second kappa shape index (κ2) is 5.12. The predicted molar refractivity (Wildman–Crippen MR) is 57.4 cm³/mol. The van der Waals surface area contributed by atoms with Gasteiger partial charge in [-0.05, 0) is 36.2 Å². The van der Waals surface area contributed by atoms with Gasteiger partial charge in [-0.25, -0.2) is 0 Å². The number of aliphatic hydroxyl groups excluding tert-OH is 1. The number of nitrogens with one attached hydrogen (secondary N) is 1. The molecule has 14 heavy (non-hydrogen) atoms. The second-order valence-electron chi connectivity index (χ2n) is 3.37. The van der Waals surface area contributed by atoms with Gasteiger partial charge in [-0.2, -0.15) is 11.3 Å². The van der Waals surface area contributed by atoms with Gasteiger partial charge in [-0.3, -0.25) is 4.79 Å². The van der Waals surface area contributed by atoms with Crippen LogP contribution in [0.2, 0.25) is 0 Å². The first-order valence-electron chi connectivity index (χ1n) is 4.58. The monoisotopic (exact) mass is 213 g/mol. The van der Waals surface area contributed by atoms with Gasteiger partial charge in [0.25, 0.3) is 0 Å². The Balaban J connectivity index is 2.53. The van der Waals surface area contributed by atoms with Crippen LogP contribution >= 0.6 is 11.3 Å². The molecule has 1 unspecified atom stereocenters. The Bertz CT molecular complexity index is 284. The largest absolute Gasteiger partial charge is 0.394 e. The van der Waals surface area contributed by atoms with Crippen molar-refractivity contribution in [2.24, 2.45) is 0 Å². The fourth-order valence-electron chi connectivity index (χ4n) is 1.09. The predicted octanol–water partition coefficient (Wildman–Crippen LogP) is 1.35. The minimum Gasteiger partial charge on any atom is -0.394 e. The van der Waals surface area contributed by atoms with E-state index in [1.54, 1.807) is 18.3 Å². The SMILES string of the molecule is CC(C(=O)N[C@@H](C)CO)c1ccsc1. The van der Waals surface area contributed by atoms with Crippen LogP contribution < -0.4 is 5.32 Å². The molecule has 0 aliphatic rings. The van der Waals surface area contributed by atoms with Crippen molar-refractivity contribution in [1.29, 1.82) is 0 Å². The Kier molecular flexibility index (Phi) is 4.10. The zero-order valence-corrected chi connectivity index (χ0v) is 9.17. The van der Waals surface area contributed by atoms with Gasteiger partial charge in [0.1, 0.15) is 0 Å². The van der Waals surface area contributed by atoms with Crippen molar-refractivity contribution < 1.29 is 9.90 Å². The summed E-state index contributed by atoms with van der Waals surface area (Å²) in [4.78, 5) is 11.6. The van der Waals surface area contributed by atoms with E-state index in [4.69, 9.17) is 5.11 Å². The quantitative estimate of drug-likeness (QED) is 0.793. The molecule has 0 fully saturated rings. The number of hydrogen-bond donors (Lipinski definition) is 2. The molecular weight excluding hydrogens is 198 g/mol. The third-order valence-corrected chi connectivity index (χ3v) is 2.80. The average Bonchev–Trinajstić information content (AvgIpc) is 2.69. The average molecular weight is 213 g/mol. The van der Waals surface area contributed by atoms with Crippen LogP contribution in [0, 0.1) is 0 Å². The molecule has 4 heteroatoms. The first kappa shape index (κ1) is 11.2. The molecule has 0 saturated heterocycles. The van der Waals surface area contributed by atoms with Crippen molar-refractivity contribution >= 4 is 17.2 Å². The van der Waals surface area contributed by atoms with Gasteiger partial charge in [0, 0.05) is 6.04 Å². The van der Waals surface area contributed by atoms with Crippen molar-refractivity contribution in [3.63, 3.8) is 0 Å². The Morgan fingerprint density at radius 2 is 2.36 bits per heavy atom. The van der Waals surface area contributed by atoms with Gasteiger partial charge >= 0.3 is 0 Å². The summed E-state index contributed by atoms with van der Waals surface area (Å²) in [7, 11) is 0. The lowest BCUT2D eigenvalue weighted by Gasteiger charge is -2.14. The lowest BCUT2D eigenvalue weighted by atomic mass is 10.0. The first-order chi connectivity index (χ1) is 6.65. The molecule has 1 rings (SSSR count). The number of hydrogen-bond acceptors (Lipinski definition) is 3. The van der Waals surface area contributed by atoms with Crippen molar-refractivity contribution in [3.8, 4) is 0 Å². The molecule has 1 amide bonds. The van der Waals surface area contributed by atoms with Crippen LogP contribution in [0.25, 0.3) is 0 Å². The molecule has 0 aliphatic carbocycles. The van der Waals surface area contributed by atoms with E-state index in [-0.39, 0.29) is 24.5 Å². The lowest BCUT2D eigenvalue weighted by molar-refractivity contribution is -0.123. The maximum Gasteiger partial charge on any atom is 0.227 e. The first-order valence-corrected chi connectivity index (χ1v) is 5.52. The van der Waals surface area contributed by atoms with Crippen molar-refractivity contribution in [1.82, 2.24) is 5.32 Å². The van der Waals surface area contributed by atoms with E-state index in [1.165, 1.54) is 0 Å². The van der Waals surface area contributed by atoms with Crippen LogP contribution in [0.5, 0.6) is 0 Å². The maximum atomic E-state index is 11.6. The Labute approximate surface area is 87.8 Å². The fraction of sp³-hybridized carbons (Fsp3) is 0.500. The summed E-state index contributed by atoms with van der Waals surface area (Å²) < 4.78 is 0. The molecule has 0 aromatic carbocycles. The molecular formula is C10H15NO2S. The molecule has 0 bridgehead atoms. The molecule has 1 aromatic heterocycles. The highest BCUT2D eigenvalue weighted by Gasteiger charge is 2.16. The van der Waals surface area contributed by atoms with Gasteiger partial charge in [-0.1, -0.05) is 0 Å². The van der Waals surface area contributed by atoms with E-state index in [0.717, 1.165) is 5.56 Å². The van der Waals surface area contributed by atoms with Crippen molar-refractivity contribution in [2.75, 3.05) is 6.61 Å². The molecule has 0 saturated carbocycles. The summed E-state index contributed by atoms with van der Waals surface area (Å²) in [5, 5.41) is 15.4. The van der Waals surface area contributed by atoms with E-state index in [0.29, 0.717) is 0 Å². The fourth-order valence-corrected chi connectivity index (χ4v) is 1.84. The van der Waals surface area contributed by atoms with Crippen molar-refractivity contribution in [2.45, 2.75) is 25.8 Å². The highest BCUT2D eigenvalue weighted by atomic mass is 32.1. The van der Waals surface area contributed by atoms with Crippen LogP contribution in [0.15, 0.2) is 16.8 Å². The summed E-state index contributed by atoms with van der Waals surface area (Å²) in [6.45, 7) is 3.61. The molecule has 0 spiro atoms. The maximum absolute atomic E-state index is 11.6. The van der Waals surface area contributed by atoms with Crippen LogP contribution in [-0.2, 0) is 4.79 Å². The van der Waals surface area contributed by atoms with E-state index in [2.05, 4.69) is 5.32 Å². The number of thiophene rings is 1. The molecule has 2 N–H and O–H groups in total. The highest BCUT2D eigenvalue weighted by Crippen LogP contribution is 2.18. The molecule has 78 valence electrons. The third kappa shape index (κ3) is 2.82. The van der Waals surface area contributed by atoms with E-state index in [9.17, 15) is 4.79 Å². The smallest absolute Gasteiger partial charge is 0.227 e.